The third-order valence-corrected chi connectivity index (χ3v) is 4.55. The SMILES string of the molecule is Clc1ccc2nc(N3CCc4ccccc43)c3nncn3c2c1. The maximum Gasteiger partial charge on any atom is 0.204 e. The van der Waals surface area contributed by atoms with Gasteiger partial charge in [0.15, 0.2) is 5.82 Å². The third kappa shape index (κ3) is 1.83. The average Bonchev–Trinajstić information content (AvgIpc) is 3.21. The van der Waals surface area contributed by atoms with E-state index in [4.69, 9.17) is 16.6 Å². The number of hydrogen-bond donors (Lipinski definition) is 0. The third-order valence-electron chi connectivity index (χ3n) is 4.31. The molecule has 5 rings (SSSR count). The predicted octanol–water partition coefficient (Wildman–Crippen LogP) is 3.63. The van der Waals surface area contributed by atoms with Gasteiger partial charge < -0.3 is 4.90 Å². The molecule has 1 aliphatic heterocycles. The number of anilines is 2. The van der Waals surface area contributed by atoms with E-state index >= 15 is 0 Å². The van der Waals surface area contributed by atoms with Gasteiger partial charge in [-0.1, -0.05) is 29.8 Å². The van der Waals surface area contributed by atoms with Gasteiger partial charge in [0, 0.05) is 17.3 Å². The second kappa shape index (κ2) is 4.67. The van der Waals surface area contributed by atoms with E-state index in [1.807, 2.05) is 22.6 Å². The first-order valence-corrected chi connectivity index (χ1v) is 7.83. The lowest BCUT2D eigenvalue weighted by Gasteiger charge is -2.19. The highest BCUT2D eigenvalue weighted by Gasteiger charge is 2.24. The first-order valence-electron chi connectivity index (χ1n) is 7.46. The number of halogens is 1. The Morgan fingerprint density at radius 3 is 2.96 bits per heavy atom. The van der Waals surface area contributed by atoms with Crippen LogP contribution < -0.4 is 4.90 Å². The molecule has 5 nitrogen and oxygen atoms in total. The van der Waals surface area contributed by atoms with Crippen molar-refractivity contribution < 1.29 is 0 Å². The lowest BCUT2D eigenvalue weighted by Crippen LogP contribution is -2.16. The van der Waals surface area contributed by atoms with Crippen molar-refractivity contribution in [3.63, 3.8) is 0 Å². The summed E-state index contributed by atoms with van der Waals surface area (Å²) >= 11 is 6.13. The molecule has 0 saturated heterocycles. The molecule has 0 radical (unpaired) electrons. The summed E-state index contributed by atoms with van der Waals surface area (Å²) in [6.45, 7) is 0.897. The van der Waals surface area contributed by atoms with Gasteiger partial charge in [-0.05, 0) is 36.2 Å². The molecule has 2 aromatic heterocycles. The van der Waals surface area contributed by atoms with Gasteiger partial charge in [-0.15, -0.1) is 10.2 Å². The van der Waals surface area contributed by atoms with Crippen molar-refractivity contribution in [2.75, 3.05) is 11.4 Å². The van der Waals surface area contributed by atoms with Gasteiger partial charge in [0.25, 0.3) is 0 Å². The Labute approximate surface area is 137 Å². The van der Waals surface area contributed by atoms with Gasteiger partial charge in [-0.3, -0.25) is 4.40 Å². The fraction of sp³-hybridized carbons (Fsp3) is 0.118. The molecule has 0 aliphatic carbocycles. The number of para-hydroxylation sites is 1. The number of hydrogen-bond acceptors (Lipinski definition) is 4. The van der Waals surface area contributed by atoms with E-state index in [1.165, 1.54) is 11.3 Å². The van der Waals surface area contributed by atoms with Crippen LogP contribution in [0.15, 0.2) is 48.8 Å². The molecular weight excluding hydrogens is 310 g/mol. The Kier molecular flexibility index (Phi) is 2.60. The van der Waals surface area contributed by atoms with E-state index in [2.05, 4.69) is 39.4 Å². The second-order valence-corrected chi connectivity index (χ2v) is 6.06. The summed E-state index contributed by atoms with van der Waals surface area (Å²) in [6.07, 6.45) is 2.72. The summed E-state index contributed by atoms with van der Waals surface area (Å²) in [7, 11) is 0. The number of aromatic nitrogens is 4. The summed E-state index contributed by atoms with van der Waals surface area (Å²) in [5, 5.41) is 9.03. The number of fused-ring (bicyclic) bond motifs is 4. The Hall–Kier alpha value is -2.66. The largest absolute Gasteiger partial charge is 0.323 e. The molecule has 0 fully saturated rings. The van der Waals surface area contributed by atoms with Crippen LogP contribution in [0.3, 0.4) is 0 Å². The molecule has 0 atom stereocenters. The normalized spacial score (nSPS) is 13.9. The Balaban J connectivity index is 1.82. The summed E-state index contributed by atoms with van der Waals surface area (Å²) in [5.41, 5.74) is 5.06. The number of rotatable bonds is 1. The Bertz CT molecular complexity index is 1060. The fourth-order valence-electron chi connectivity index (χ4n) is 3.25. The topological polar surface area (TPSA) is 46.3 Å². The predicted molar refractivity (Wildman–Crippen MR) is 90.5 cm³/mol. The Morgan fingerprint density at radius 2 is 2.00 bits per heavy atom. The van der Waals surface area contributed by atoms with Crippen molar-refractivity contribution >= 4 is 39.8 Å². The number of benzene rings is 2. The molecule has 6 heteroatoms. The highest BCUT2D eigenvalue weighted by molar-refractivity contribution is 6.31. The molecule has 23 heavy (non-hydrogen) atoms. The van der Waals surface area contributed by atoms with Crippen LogP contribution in [-0.2, 0) is 6.42 Å². The summed E-state index contributed by atoms with van der Waals surface area (Å²) in [6, 6.07) is 14.1. The van der Waals surface area contributed by atoms with E-state index in [9.17, 15) is 0 Å². The van der Waals surface area contributed by atoms with Crippen molar-refractivity contribution in [2.24, 2.45) is 0 Å². The molecule has 112 valence electrons. The van der Waals surface area contributed by atoms with Gasteiger partial charge in [0.1, 0.15) is 6.33 Å². The van der Waals surface area contributed by atoms with Gasteiger partial charge in [0.2, 0.25) is 5.65 Å². The van der Waals surface area contributed by atoms with E-state index < -0.39 is 0 Å². The van der Waals surface area contributed by atoms with E-state index in [-0.39, 0.29) is 0 Å². The first-order chi connectivity index (χ1) is 11.3. The Morgan fingerprint density at radius 1 is 1.09 bits per heavy atom. The minimum atomic E-state index is 0.675. The van der Waals surface area contributed by atoms with E-state index in [0.29, 0.717) is 5.02 Å². The summed E-state index contributed by atoms with van der Waals surface area (Å²) in [4.78, 5) is 7.06. The average molecular weight is 322 g/mol. The van der Waals surface area contributed by atoms with Crippen LogP contribution in [0.1, 0.15) is 5.56 Å². The maximum atomic E-state index is 6.13. The van der Waals surface area contributed by atoms with Crippen LogP contribution in [0, 0.1) is 0 Å². The summed E-state index contributed by atoms with van der Waals surface area (Å²) < 4.78 is 1.95. The van der Waals surface area contributed by atoms with Gasteiger partial charge in [0.05, 0.1) is 11.0 Å². The van der Waals surface area contributed by atoms with Crippen LogP contribution >= 0.6 is 11.6 Å². The zero-order valence-corrected chi connectivity index (χ0v) is 12.9. The molecule has 3 heterocycles. The molecular formula is C17H12ClN5. The second-order valence-electron chi connectivity index (χ2n) is 5.62. The zero-order chi connectivity index (χ0) is 15.4. The molecule has 0 saturated carbocycles. The van der Waals surface area contributed by atoms with Crippen LogP contribution in [0.4, 0.5) is 11.5 Å². The smallest absolute Gasteiger partial charge is 0.204 e. The fourth-order valence-corrected chi connectivity index (χ4v) is 3.42. The van der Waals surface area contributed by atoms with E-state index in [0.717, 1.165) is 35.5 Å². The van der Waals surface area contributed by atoms with Crippen molar-refractivity contribution in [3.05, 3.63) is 59.4 Å². The maximum absolute atomic E-state index is 6.13. The molecule has 1 aliphatic rings. The lowest BCUT2D eigenvalue weighted by molar-refractivity contribution is 0.973. The number of nitrogens with zero attached hydrogens (tertiary/aromatic N) is 5. The monoisotopic (exact) mass is 321 g/mol. The minimum absolute atomic E-state index is 0.675. The van der Waals surface area contributed by atoms with E-state index in [1.54, 1.807) is 6.33 Å². The lowest BCUT2D eigenvalue weighted by atomic mass is 10.2. The minimum Gasteiger partial charge on any atom is -0.323 e. The van der Waals surface area contributed by atoms with Gasteiger partial charge in [-0.25, -0.2) is 4.98 Å². The molecule has 0 spiro atoms. The van der Waals surface area contributed by atoms with Gasteiger partial charge in [-0.2, -0.15) is 0 Å². The van der Waals surface area contributed by atoms with Crippen molar-refractivity contribution in [2.45, 2.75) is 6.42 Å². The summed E-state index contributed by atoms with van der Waals surface area (Å²) in [5.74, 6) is 0.835. The molecule has 0 amide bonds. The molecule has 0 unspecified atom stereocenters. The van der Waals surface area contributed by atoms with Crippen LogP contribution in [0.5, 0.6) is 0 Å². The van der Waals surface area contributed by atoms with Crippen molar-refractivity contribution in [1.29, 1.82) is 0 Å². The first kappa shape index (κ1) is 12.8. The van der Waals surface area contributed by atoms with Crippen molar-refractivity contribution in [3.8, 4) is 0 Å². The van der Waals surface area contributed by atoms with Crippen LogP contribution in [0.25, 0.3) is 16.7 Å². The zero-order valence-electron chi connectivity index (χ0n) is 12.1. The highest BCUT2D eigenvalue weighted by Crippen LogP contribution is 2.36. The van der Waals surface area contributed by atoms with Crippen LogP contribution in [-0.4, -0.2) is 26.1 Å². The molecule has 0 N–H and O–H groups in total. The van der Waals surface area contributed by atoms with Crippen LogP contribution in [0.2, 0.25) is 5.02 Å². The molecule has 2 aromatic carbocycles. The molecule has 0 bridgehead atoms. The molecule has 4 aromatic rings. The highest BCUT2D eigenvalue weighted by atomic mass is 35.5. The quantitative estimate of drug-likeness (QED) is 0.537. The van der Waals surface area contributed by atoms with Gasteiger partial charge >= 0.3 is 0 Å². The van der Waals surface area contributed by atoms with Crippen molar-refractivity contribution in [1.82, 2.24) is 19.6 Å². The standard InChI is InChI=1S/C17H12ClN5/c18-12-5-6-13-15(9-12)23-10-19-21-17(23)16(20-13)22-8-7-11-3-1-2-4-14(11)22/h1-6,9-10H,7-8H2.